The molecule has 0 fully saturated rings. The van der Waals surface area contributed by atoms with Crippen molar-refractivity contribution >= 4 is 5.91 Å². The Morgan fingerprint density at radius 1 is 1.19 bits per heavy atom. The highest BCUT2D eigenvalue weighted by atomic mass is 16.5. The third-order valence-electron chi connectivity index (χ3n) is 5.83. The Balaban J connectivity index is 2.05. The zero-order chi connectivity index (χ0) is 19.5. The van der Waals surface area contributed by atoms with Crippen LogP contribution in [0.3, 0.4) is 0 Å². The van der Waals surface area contributed by atoms with Gasteiger partial charge in [-0.15, -0.1) is 0 Å². The molecule has 2 N–H and O–H groups in total. The molecule has 5 heteroatoms. The minimum atomic E-state index is -0.858. The first-order valence-electron chi connectivity index (χ1n) is 9.76. The number of aromatic hydroxyl groups is 1. The molecule has 1 heterocycles. The van der Waals surface area contributed by atoms with Crippen molar-refractivity contribution in [1.29, 1.82) is 0 Å². The maximum absolute atomic E-state index is 12.8. The number of fused-ring (bicyclic) bond motifs is 1. The highest BCUT2D eigenvalue weighted by Gasteiger charge is 2.40. The summed E-state index contributed by atoms with van der Waals surface area (Å²) in [6.07, 6.45) is 2.29. The Kier molecular flexibility index (Phi) is 6.56. The summed E-state index contributed by atoms with van der Waals surface area (Å²) in [6.45, 7) is 15.6. The topological polar surface area (TPSA) is 61.8 Å². The molecule has 1 amide bonds. The number of rotatable bonds is 7. The first-order chi connectivity index (χ1) is 12.2. The first kappa shape index (κ1) is 20.6. The summed E-state index contributed by atoms with van der Waals surface area (Å²) in [4.78, 5) is 15.1. The molecule has 1 unspecified atom stereocenters. The van der Waals surface area contributed by atoms with E-state index in [4.69, 9.17) is 4.74 Å². The molecule has 0 saturated carbocycles. The molecule has 2 rings (SSSR count). The molecule has 1 aliphatic rings. The summed E-state index contributed by atoms with van der Waals surface area (Å²) < 4.78 is 6.22. The molecule has 1 atom stereocenters. The van der Waals surface area contributed by atoms with Gasteiger partial charge in [0, 0.05) is 18.5 Å². The maximum Gasteiger partial charge on any atom is 0.263 e. The van der Waals surface area contributed by atoms with Gasteiger partial charge in [-0.1, -0.05) is 13.8 Å². The van der Waals surface area contributed by atoms with E-state index in [2.05, 4.69) is 24.1 Å². The van der Waals surface area contributed by atoms with Crippen LogP contribution in [0.5, 0.6) is 11.5 Å². The second-order valence-corrected chi connectivity index (χ2v) is 7.50. The van der Waals surface area contributed by atoms with Gasteiger partial charge in [-0.3, -0.25) is 4.79 Å². The monoisotopic (exact) mass is 362 g/mol. The largest absolute Gasteiger partial charge is 0.507 e. The fourth-order valence-corrected chi connectivity index (χ4v) is 3.64. The van der Waals surface area contributed by atoms with E-state index >= 15 is 0 Å². The number of phenols is 1. The molecule has 0 radical (unpaired) electrons. The number of hydrogen-bond donors (Lipinski definition) is 2. The van der Waals surface area contributed by atoms with Crippen molar-refractivity contribution in [3.63, 3.8) is 0 Å². The molecular formula is C21H34N2O3. The van der Waals surface area contributed by atoms with E-state index in [1.165, 1.54) is 0 Å². The predicted octanol–water partition coefficient (Wildman–Crippen LogP) is 3.25. The smallest absolute Gasteiger partial charge is 0.263 e. The zero-order valence-corrected chi connectivity index (χ0v) is 17.2. The summed E-state index contributed by atoms with van der Waals surface area (Å²) in [7, 11) is 0. The van der Waals surface area contributed by atoms with E-state index in [-0.39, 0.29) is 5.91 Å². The minimum absolute atomic E-state index is 0.0505. The van der Waals surface area contributed by atoms with Gasteiger partial charge in [0.15, 0.2) is 5.60 Å². The van der Waals surface area contributed by atoms with Crippen LogP contribution in [0.15, 0.2) is 0 Å². The Labute approximate surface area is 157 Å². The maximum atomic E-state index is 12.8. The minimum Gasteiger partial charge on any atom is -0.507 e. The summed E-state index contributed by atoms with van der Waals surface area (Å²) in [5.74, 6) is 1.06. The third-order valence-corrected chi connectivity index (χ3v) is 5.83. The Hall–Kier alpha value is -1.75. The molecule has 0 aromatic heterocycles. The molecule has 146 valence electrons. The lowest BCUT2D eigenvalue weighted by Crippen LogP contribution is -2.51. The van der Waals surface area contributed by atoms with Crippen LogP contribution < -0.4 is 10.1 Å². The average molecular weight is 363 g/mol. The number of phenolic OH excluding ortho intramolecular Hbond substituents is 1. The molecule has 1 aliphatic heterocycles. The summed E-state index contributed by atoms with van der Waals surface area (Å²) in [6, 6.07) is 0. The number of benzene rings is 1. The van der Waals surface area contributed by atoms with Gasteiger partial charge in [-0.05, 0) is 76.9 Å². The second kappa shape index (κ2) is 8.30. The van der Waals surface area contributed by atoms with E-state index < -0.39 is 5.60 Å². The second-order valence-electron chi connectivity index (χ2n) is 7.50. The normalized spacial score (nSPS) is 19.2. The average Bonchev–Trinajstić information content (AvgIpc) is 2.64. The van der Waals surface area contributed by atoms with Gasteiger partial charge >= 0.3 is 0 Å². The number of carbonyl (C=O) groups is 1. The number of ether oxygens (including phenoxy) is 1. The van der Waals surface area contributed by atoms with E-state index in [0.29, 0.717) is 18.7 Å². The van der Waals surface area contributed by atoms with Crippen molar-refractivity contribution in [2.24, 2.45) is 0 Å². The van der Waals surface area contributed by atoms with Crippen LogP contribution in [0.1, 0.15) is 55.9 Å². The molecule has 1 aromatic rings. The van der Waals surface area contributed by atoms with Crippen molar-refractivity contribution < 1.29 is 14.6 Å². The summed E-state index contributed by atoms with van der Waals surface area (Å²) in [5.41, 5.74) is 2.78. The zero-order valence-electron chi connectivity index (χ0n) is 17.2. The summed E-state index contributed by atoms with van der Waals surface area (Å²) in [5, 5.41) is 13.3. The number of carbonyl (C=O) groups excluding carboxylic acids is 1. The van der Waals surface area contributed by atoms with Crippen LogP contribution in [0, 0.1) is 20.8 Å². The molecule has 0 spiro atoms. The molecule has 1 aromatic carbocycles. The van der Waals surface area contributed by atoms with Crippen molar-refractivity contribution in [2.75, 3.05) is 26.2 Å². The summed E-state index contributed by atoms with van der Waals surface area (Å²) >= 11 is 0. The number of nitrogens with zero attached hydrogens (tertiary/aromatic N) is 1. The van der Waals surface area contributed by atoms with Gasteiger partial charge in [0.05, 0.1) is 0 Å². The van der Waals surface area contributed by atoms with Gasteiger partial charge in [0.2, 0.25) is 0 Å². The van der Waals surface area contributed by atoms with Crippen LogP contribution >= 0.6 is 0 Å². The van der Waals surface area contributed by atoms with Crippen LogP contribution in [-0.4, -0.2) is 47.7 Å². The van der Waals surface area contributed by atoms with Crippen molar-refractivity contribution in [3.8, 4) is 11.5 Å². The highest BCUT2D eigenvalue weighted by Crippen LogP contribution is 2.43. The molecule has 0 aliphatic carbocycles. The third kappa shape index (κ3) is 3.98. The first-order valence-corrected chi connectivity index (χ1v) is 9.76. The lowest BCUT2D eigenvalue weighted by molar-refractivity contribution is -0.136. The highest BCUT2D eigenvalue weighted by molar-refractivity contribution is 5.85. The van der Waals surface area contributed by atoms with Gasteiger partial charge in [0.1, 0.15) is 11.5 Å². The Bertz CT molecular complexity index is 668. The van der Waals surface area contributed by atoms with Crippen LogP contribution in [0.4, 0.5) is 0 Å². The van der Waals surface area contributed by atoms with E-state index in [1.807, 2.05) is 27.7 Å². The van der Waals surface area contributed by atoms with E-state index in [1.54, 1.807) is 0 Å². The number of nitrogens with one attached hydrogen (secondary N) is 1. The Morgan fingerprint density at radius 2 is 1.85 bits per heavy atom. The fraction of sp³-hybridized carbons (Fsp3) is 0.667. The molecule has 26 heavy (non-hydrogen) atoms. The molecular weight excluding hydrogens is 328 g/mol. The van der Waals surface area contributed by atoms with Gasteiger partial charge < -0.3 is 20.1 Å². The predicted molar refractivity (Wildman–Crippen MR) is 105 cm³/mol. The van der Waals surface area contributed by atoms with Crippen LogP contribution in [0.2, 0.25) is 0 Å². The molecule has 5 nitrogen and oxygen atoms in total. The van der Waals surface area contributed by atoms with Crippen molar-refractivity contribution in [1.82, 2.24) is 10.2 Å². The SMILES string of the molecule is CCN(CC)CCCNC(=O)C1(C)CCc2c(C)c(O)c(C)c(C)c2O1. The lowest BCUT2D eigenvalue weighted by atomic mass is 9.86. The van der Waals surface area contributed by atoms with Crippen molar-refractivity contribution in [3.05, 3.63) is 22.3 Å². The van der Waals surface area contributed by atoms with Gasteiger partial charge in [0.25, 0.3) is 5.91 Å². The fourth-order valence-electron chi connectivity index (χ4n) is 3.64. The van der Waals surface area contributed by atoms with Gasteiger partial charge in [-0.2, -0.15) is 0 Å². The van der Waals surface area contributed by atoms with E-state index in [9.17, 15) is 9.90 Å². The quantitative estimate of drug-likeness (QED) is 0.731. The van der Waals surface area contributed by atoms with Crippen LogP contribution in [0.25, 0.3) is 0 Å². The van der Waals surface area contributed by atoms with Crippen LogP contribution in [-0.2, 0) is 11.2 Å². The van der Waals surface area contributed by atoms with Crippen molar-refractivity contribution in [2.45, 2.75) is 66.4 Å². The molecule has 0 bridgehead atoms. The lowest BCUT2D eigenvalue weighted by Gasteiger charge is -2.36. The number of hydrogen-bond acceptors (Lipinski definition) is 4. The standard InChI is InChI=1S/C21H34N2O3/c1-7-23(8-2)13-9-12-22-20(25)21(6)11-10-17-16(5)18(24)14(3)15(4)19(17)26-21/h24H,7-13H2,1-6H3,(H,22,25). The molecule has 0 saturated heterocycles. The van der Waals surface area contributed by atoms with Gasteiger partial charge in [-0.25, -0.2) is 0 Å². The Morgan fingerprint density at radius 3 is 2.46 bits per heavy atom. The van der Waals surface area contributed by atoms with E-state index in [0.717, 1.165) is 60.5 Å². The number of amides is 1.